The van der Waals surface area contributed by atoms with Gasteiger partial charge in [0, 0.05) is 17.6 Å². The summed E-state index contributed by atoms with van der Waals surface area (Å²) in [5, 5.41) is 3.01. The first-order valence-corrected chi connectivity index (χ1v) is 11.4. The Morgan fingerprint density at radius 1 is 0.970 bits per heavy atom. The Morgan fingerprint density at radius 3 is 2.36 bits per heavy atom. The molecule has 0 aliphatic rings. The van der Waals surface area contributed by atoms with Crippen LogP contribution in [0.2, 0.25) is 5.02 Å². The minimum atomic E-state index is -3.97. The molecule has 0 bridgehead atoms. The highest BCUT2D eigenvalue weighted by Gasteiger charge is 2.23. The van der Waals surface area contributed by atoms with E-state index in [0.717, 1.165) is 4.31 Å². The van der Waals surface area contributed by atoms with Crippen LogP contribution in [0.3, 0.4) is 0 Å². The van der Waals surface area contributed by atoms with E-state index in [1.807, 2.05) is 0 Å². The molecule has 0 saturated carbocycles. The van der Waals surface area contributed by atoms with Gasteiger partial charge in [-0.2, -0.15) is 0 Å². The van der Waals surface area contributed by atoms with Crippen LogP contribution in [-0.2, 0) is 14.8 Å². The number of benzene rings is 3. The van der Waals surface area contributed by atoms with Gasteiger partial charge in [0.2, 0.25) is 0 Å². The Morgan fingerprint density at radius 2 is 1.70 bits per heavy atom. The predicted molar refractivity (Wildman–Crippen MR) is 126 cm³/mol. The van der Waals surface area contributed by atoms with E-state index in [9.17, 15) is 18.0 Å². The molecule has 0 aromatic heterocycles. The fraction of sp³-hybridized carbons (Fsp3) is 0.130. The van der Waals surface area contributed by atoms with Gasteiger partial charge in [0.05, 0.1) is 36.1 Å². The monoisotopic (exact) mass is 488 g/mol. The number of nitrogens with one attached hydrogen (secondary N) is 1. The lowest BCUT2D eigenvalue weighted by molar-refractivity contribution is 0.0601. The molecular formula is C23H21ClN2O6S. The van der Waals surface area contributed by atoms with Gasteiger partial charge in [-0.25, -0.2) is 13.2 Å². The summed E-state index contributed by atoms with van der Waals surface area (Å²) < 4.78 is 37.2. The number of amides is 1. The second-order valence-corrected chi connectivity index (χ2v) is 9.24. The molecular weight excluding hydrogens is 468 g/mol. The number of carbonyl (C=O) groups excluding carboxylic acids is 2. The van der Waals surface area contributed by atoms with Crippen LogP contribution in [0.15, 0.2) is 71.6 Å². The quantitative estimate of drug-likeness (QED) is 0.500. The highest BCUT2D eigenvalue weighted by Crippen LogP contribution is 2.26. The summed E-state index contributed by atoms with van der Waals surface area (Å²) in [5.41, 5.74) is 0.743. The molecule has 0 saturated heterocycles. The molecule has 3 aromatic rings. The van der Waals surface area contributed by atoms with Crippen LogP contribution < -0.4 is 14.4 Å². The number of methoxy groups -OCH3 is 2. The van der Waals surface area contributed by atoms with Gasteiger partial charge in [-0.1, -0.05) is 23.7 Å². The van der Waals surface area contributed by atoms with Crippen molar-refractivity contribution >= 4 is 44.9 Å². The molecule has 1 amide bonds. The number of ether oxygens (including phenoxy) is 2. The Labute approximate surface area is 196 Å². The summed E-state index contributed by atoms with van der Waals surface area (Å²) in [6.45, 7) is 0. The Hall–Kier alpha value is -3.56. The molecule has 0 spiro atoms. The van der Waals surface area contributed by atoms with Gasteiger partial charge >= 0.3 is 5.97 Å². The van der Waals surface area contributed by atoms with Crippen LogP contribution in [0.5, 0.6) is 5.75 Å². The van der Waals surface area contributed by atoms with Crippen LogP contribution in [0.25, 0.3) is 0 Å². The maximum Gasteiger partial charge on any atom is 0.340 e. The van der Waals surface area contributed by atoms with E-state index < -0.39 is 21.9 Å². The number of hydrogen-bond acceptors (Lipinski definition) is 6. The van der Waals surface area contributed by atoms with Gasteiger partial charge < -0.3 is 14.8 Å². The van der Waals surface area contributed by atoms with Crippen LogP contribution in [-0.4, -0.2) is 41.6 Å². The van der Waals surface area contributed by atoms with E-state index in [2.05, 4.69) is 5.32 Å². The fourth-order valence-corrected chi connectivity index (χ4v) is 4.42. The zero-order valence-electron chi connectivity index (χ0n) is 18.0. The highest BCUT2D eigenvalue weighted by molar-refractivity contribution is 7.92. The van der Waals surface area contributed by atoms with Crippen LogP contribution in [0.4, 0.5) is 11.4 Å². The molecule has 3 rings (SSSR count). The lowest BCUT2D eigenvalue weighted by Gasteiger charge is -2.20. The number of esters is 1. The molecule has 0 fully saturated rings. The third kappa shape index (κ3) is 5.27. The lowest BCUT2D eigenvalue weighted by atomic mass is 10.1. The number of anilines is 2. The standard InChI is InChI=1S/C23H21ClN2O6S/c1-26(17-8-5-7-16(24)13-17)33(29,30)19-9-4-6-15(12-19)22(27)25-21-11-10-18(31-2)14-20(21)23(28)32-3/h4-14H,1-3H3,(H,25,27). The van der Waals surface area contributed by atoms with E-state index >= 15 is 0 Å². The average molecular weight is 489 g/mol. The average Bonchev–Trinajstić information content (AvgIpc) is 2.83. The predicted octanol–water partition coefficient (Wildman–Crippen LogP) is 4.21. The SMILES string of the molecule is COC(=O)c1cc(OC)ccc1NC(=O)c1cccc(S(=O)(=O)N(C)c2cccc(Cl)c2)c1. The lowest BCUT2D eigenvalue weighted by Crippen LogP contribution is -2.27. The van der Waals surface area contributed by atoms with Crippen molar-refractivity contribution in [1.82, 2.24) is 0 Å². The van der Waals surface area contributed by atoms with Gasteiger partial charge in [0.15, 0.2) is 0 Å². The van der Waals surface area contributed by atoms with E-state index in [4.69, 9.17) is 21.1 Å². The molecule has 172 valence electrons. The smallest absolute Gasteiger partial charge is 0.340 e. The highest BCUT2D eigenvalue weighted by atomic mass is 35.5. The second kappa shape index (κ2) is 9.93. The molecule has 0 unspecified atom stereocenters. The van der Waals surface area contributed by atoms with Crippen molar-refractivity contribution in [2.45, 2.75) is 4.90 Å². The van der Waals surface area contributed by atoms with E-state index in [1.165, 1.54) is 63.7 Å². The summed E-state index contributed by atoms with van der Waals surface area (Å²) in [5.74, 6) is -0.859. The number of hydrogen-bond donors (Lipinski definition) is 1. The molecule has 0 heterocycles. The summed E-state index contributed by atoms with van der Waals surface area (Å²) in [6, 6.07) is 16.5. The number of halogens is 1. The minimum absolute atomic E-state index is 0.0828. The van der Waals surface area contributed by atoms with E-state index in [1.54, 1.807) is 24.3 Å². The Bertz CT molecular complexity index is 1310. The molecule has 1 N–H and O–H groups in total. The topological polar surface area (TPSA) is 102 Å². The molecule has 8 nitrogen and oxygen atoms in total. The number of sulfonamides is 1. The van der Waals surface area contributed by atoms with E-state index in [0.29, 0.717) is 16.5 Å². The summed E-state index contributed by atoms with van der Waals surface area (Å²) in [4.78, 5) is 24.9. The van der Waals surface area contributed by atoms with Gasteiger partial charge in [-0.3, -0.25) is 9.10 Å². The molecule has 0 atom stereocenters. The van der Waals surface area contributed by atoms with Crippen molar-refractivity contribution < 1.29 is 27.5 Å². The Kier molecular flexibility index (Phi) is 7.25. The van der Waals surface area contributed by atoms with E-state index in [-0.39, 0.29) is 21.7 Å². The van der Waals surface area contributed by atoms with Crippen molar-refractivity contribution in [2.75, 3.05) is 30.9 Å². The minimum Gasteiger partial charge on any atom is -0.497 e. The summed E-state index contributed by atoms with van der Waals surface area (Å²) >= 11 is 5.98. The third-order valence-corrected chi connectivity index (χ3v) is 6.82. The normalized spacial score (nSPS) is 10.9. The van der Waals surface area contributed by atoms with Gasteiger partial charge in [-0.15, -0.1) is 0 Å². The molecule has 10 heteroatoms. The van der Waals surface area contributed by atoms with Gasteiger partial charge in [-0.05, 0) is 54.6 Å². The maximum atomic E-state index is 13.1. The largest absolute Gasteiger partial charge is 0.497 e. The molecule has 0 aliphatic heterocycles. The summed E-state index contributed by atoms with van der Waals surface area (Å²) in [7, 11) is 0.0942. The first-order chi connectivity index (χ1) is 15.7. The number of rotatable bonds is 7. The van der Waals surface area contributed by atoms with Crippen LogP contribution >= 0.6 is 11.6 Å². The van der Waals surface area contributed by atoms with Crippen molar-refractivity contribution in [3.63, 3.8) is 0 Å². The second-order valence-electron chi connectivity index (χ2n) is 6.84. The Balaban J connectivity index is 1.91. The van der Waals surface area contributed by atoms with Gasteiger partial charge in [0.25, 0.3) is 15.9 Å². The maximum absolute atomic E-state index is 13.1. The van der Waals surface area contributed by atoms with Crippen molar-refractivity contribution in [2.24, 2.45) is 0 Å². The van der Waals surface area contributed by atoms with Crippen molar-refractivity contribution in [3.05, 3.63) is 82.9 Å². The fourth-order valence-electron chi connectivity index (χ4n) is 3.00. The van der Waals surface area contributed by atoms with Crippen LogP contribution in [0.1, 0.15) is 20.7 Å². The van der Waals surface area contributed by atoms with Gasteiger partial charge in [0.1, 0.15) is 5.75 Å². The third-order valence-electron chi connectivity index (χ3n) is 4.81. The zero-order valence-corrected chi connectivity index (χ0v) is 19.6. The zero-order chi connectivity index (χ0) is 24.2. The van der Waals surface area contributed by atoms with Crippen molar-refractivity contribution in [1.29, 1.82) is 0 Å². The summed E-state index contributed by atoms with van der Waals surface area (Å²) in [6.07, 6.45) is 0. The number of carbonyl (C=O) groups is 2. The molecule has 33 heavy (non-hydrogen) atoms. The molecule has 3 aromatic carbocycles. The van der Waals surface area contributed by atoms with Crippen molar-refractivity contribution in [3.8, 4) is 5.75 Å². The van der Waals surface area contributed by atoms with Crippen LogP contribution in [0, 0.1) is 0 Å². The first kappa shape index (κ1) is 24.1. The number of nitrogens with zero attached hydrogens (tertiary/aromatic N) is 1. The first-order valence-electron chi connectivity index (χ1n) is 9.59. The molecule has 0 radical (unpaired) electrons. The molecule has 0 aliphatic carbocycles.